The Morgan fingerprint density at radius 2 is 2.00 bits per heavy atom. The van der Waals surface area contributed by atoms with Crippen molar-refractivity contribution in [2.45, 2.75) is 25.7 Å². The molecule has 1 aromatic carbocycles. The molecule has 1 N–H and O–H groups in total. The molecule has 0 radical (unpaired) electrons. The van der Waals surface area contributed by atoms with Gasteiger partial charge in [-0.2, -0.15) is 0 Å². The zero-order valence-electron chi connectivity index (χ0n) is 12.6. The second kappa shape index (κ2) is 6.69. The molecule has 5 heteroatoms. The highest BCUT2D eigenvalue weighted by molar-refractivity contribution is 6.33. The summed E-state index contributed by atoms with van der Waals surface area (Å²) in [5, 5.41) is 3.49. The third kappa shape index (κ3) is 3.61. The number of hydrogen-bond donors (Lipinski definition) is 1. The van der Waals surface area contributed by atoms with Gasteiger partial charge < -0.3 is 10.2 Å². The van der Waals surface area contributed by atoms with Crippen molar-refractivity contribution < 1.29 is 9.59 Å². The smallest absolute Gasteiger partial charge is 0.255 e. The topological polar surface area (TPSA) is 49.4 Å². The first-order valence-corrected chi connectivity index (χ1v) is 8.34. The van der Waals surface area contributed by atoms with E-state index in [0.29, 0.717) is 29.6 Å². The number of carbonyl (C=O) groups excluding carboxylic acids is 2. The number of nitrogens with zero attached hydrogens (tertiary/aromatic N) is 1. The number of benzene rings is 1. The van der Waals surface area contributed by atoms with Gasteiger partial charge in [0.05, 0.1) is 16.5 Å². The molecule has 0 bridgehead atoms. The van der Waals surface area contributed by atoms with E-state index in [4.69, 9.17) is 11.6 Å². The second-order valence-electron chi connectivity index (χ2n) is 6.26. The molecular formula is C17H21ClN2O2. The van der Waals surface area contributed by atoms with Gasteiger partial charge in [0.2, 0.25) is 5.91 Å². The van der Waals surface area contributed by atoms with Crippen LogP contribution in [0.4, 0.5) is 0 Å². The van der Waals surface area contributed by atoms with E-state index >= 15 is 0 Å². The summed E-state index contributed by atoms with van der Waals surface area (Å²) < 4.78 is 0. The Balaban J connectivity index is 1.61. The molecule has 4 nitrogen and oxygen atoms in total. The molecule has 2 amide bonds. The van der Waals surface area contributed by atoms with Gasteiger partial charge in [-0.1, -0.05) is 23.7 Å². The molecule has 1 heterocycles. The molecule has 1 atom stereocenters. The van der Waals surface area contributed by atoms with Crippen molar-refractivity contribution in [3.63, 3.8) is 0 Å². The lowest BCUT2D eigenvalue weighted by molar-refractivity contribution is -0.126. The molecule has 2 aliphatic rings. The highest BCUT2D eigenvalue weighted by atomic mass is 35.5. The van der Waals surface area contributed by atoms with Crippen LogP contribution in [0.2, 0.25) is 5.02 Å². The lowest BCUT2D eigenvalue weighted by Gasteiger charge is -2.32. The van der Waals surface area contributed by atoms with E-state index in [9.17, 15) is 9.59 Å². The Kier molecular flexibility index (Phi) is 4.67. The molecule has 1 aliphatic heterocycles. The van der Waals surface area contributed by atoms with Gasteiger partial charge in [0.1, 0.15) is 0 Å². The van der Waals surface area contributed by atoms with E-state index in [1.165, 1.54) is 12.8 Å². The first kappa shape index (κ1) is 15.3. The Hall–Kier alpha value is -1.55. The maximum atomic E-state index is 12.6. The molecule has 2 fully saturated rings. The van der Waals surface area contributed by atoms with Crippen molar-refractivity contribution in [2.24, 2.45) is 11.8 Å². The largest absolute Gasteiger partial charge is 0.356 e. The zero-order valence-corrected chi connectivity index (χ0v) is 13.3. The summed E-state index contributed by atoms with van der Waals surface area (Å²) >= 11 is 6.10. The van der Waals surface area contributed by atoms with E-state index in [-0.39, 0.29) is 17.7 Å². The predicted octanol–water partition coefficient (Wildman–Crippen LogP) is 2.72. The van der Waals surface area contributed by atoms with Crippen molar-refractivity contribution in [1.29, 1.82) is 0 Å². The maximum absolute atomic E-state index is 12.6. The minimum absolute atomic E-state index is 0.0784. The zero-order chi connectivity index (χ0) is 15.5. The van der Waals surface area contributed by atoms with E-state index < -0.39 is 0 Å². The highest BCUT2D eigenvalue weighted by Crippen LogP contribution is 2.28. The number of nitrogens with one attached hydrogen (secondary N) is 1. The van der Waals surface area contributed by atoms with Crippen LogP contribution in [0.5, 0.6) is 0 Å². The van der Waals surface area contributed by atoms with Crippen LogP contribution in [0.3, 0.4) is 0 Å². The first-order chi connectivity index (χ1) is 10.6. The number of rotatable bonds is 4. The normalized spacial score (nSPS) is 21.5. The Morgan fingerprint density at radius 1 is 1.23 bits per heavy atom. The van der Waals surface area contributed by atoms with Crippen molar-refractivity contribution in [3.05, 3.63) is 34.9 Å². The summed E-state index contributed by atoms with van der Waals surface area (Å²) in [7, 11) is 0. The number of hydrogen-bond acceptors (Lipinski definition) is 2. The average Bonchev–Trinajstić information content (AvgIpc) is 3.37. The number of likely N-dealkylation sites (tertiary alicyclic amines) is 1. The molecule has 1 aromatic rings. The molecule has 0 aromatic heterocycles. The van der Waals surface area contributed by atoms with Crippen LogP contribution in [-0.4, -0.2) is 36.3 Å². The summed E-state index contributed by atoms with van der Waals surface area (Å²) in [4.78, 5) is 26.6. The molecule has 0 unspecified atom stereocenters. The molecule has 1 saturated carbocycles. The Bertz CT molecular complexity index is 572. The molecule has 3 rings (SSSR count). The fourth-order valence-electron chi connectivity index (χ4n) is 2.89. The number of carbonyl (C=O) groups is 2. The minimum Gasteiger partial charge on any atom is -0.356 e. The lowest BCUT2D eigenvalue weighted by Crippen LogP contribution is -2.45. The first-order valence-electron chi connectivity index (χ1n) is 7.96. The van der Waals surface area contributed by atoms with Crippen LogP contribution in [0.15, 0.2) is 24.3 Å². The van der Waals surface area contributed by atoms with Crippen LogP contribution in [0, 0.1) is 11.8 Å². The molecule has 22 heavy (non-hydrogen) atoms. The summed E-state index contributed by atoms with van der Waals surface area (Å²) in [5.74, 6) is 0.584. The van der Waals surface area contributed by atoms with Gasteiger partial charge in [0, 0.05) is 19.6 Å². The Labute approximate surface area is 135 Å². The molecule has 118 valence electrons. The van der Waals surface area contributed by atoms with Crippen LogP contribution in [0.25, 0.3) is 0 Å². The van der Waals surface area contributed by atoms with E-state index in [0.717, 1.165) is 19.4 Å². The second-order valence-corrected chi connectivity index (χ2v) is 6.67. The van der Waals surface area contributed by atoms with Crippen LogP contribution < -0.4 is 5.32 Å². The van der Waals surface area contributed by atoms with Gasteiger partial charge in [-0.3, -0.25) is 9.59 Å². The monoisotopic (exact) mass is 320 g/mol. The lowest BCUT2D eigenvalue weighted by atomic mass is 9.96. The van der Waals surface area contributed by atoms with E-state index in [1.807, 2.05) is 12.1 Å². The SMILES string of the molecule is O=C(NCC1CC1)[C@@H]1CCCN(C(=O)c2ccccc2Cl)C1. The van der Waals surface area contributed by atoms with Crippen LogP contribution in [0.1, 0.15) is 36.0 Å². The number of halogens is 1. The molecule has 1 saturated heterocycles. The third-order valence-corrected chi connectivity index (χ3v) is 4.78. The number of piperidine rings is 1. The van der Waals surface area contributed by atoms with Crippen LogP contribution in [-0.2, 0) is 4.79 Å². The standard InChI is InChI=1S/C17H21ClN2O2/c18-15-6-2-1-5-14(15)17(22)20-9-3-4-13(11-20)16(21)19-10-12-7-8-12/h1-2,5-6,12-13H,3-4,7-11H2,(H,19,21)/t13-/m1/s1. The van der Waals surface area contributed by atoms with Crippen molar-refractivity contribution in [3.8, 4) is 0 Å². The summed E-state index contributed by atoms with van der Waals surface area (Å²) in [6, 6.07) is 7.08. The third-order valence-electron chi connectivity index (χ3n) is 4.45. The molecular weight excluding hydrogens is 300 g/mol. The fraction of sp³-hybridized carbons (Fsp3) is 0.529. The minimum atomic E-state index is -0.0982. The van der Waals surface area contributed by atoms with Gasteiger partial charge in [-0.05, 0) is 43.7 Å². The molecule has 1 aliphatic carbocycles. The van der Waals surface area contributed by atoms with Gasteiger partial charge >= 0.3 is 0 Å². The van der Waals surface area contributed by atoms with Gasteiger partial charge in [0.15, 0.2) is 0 Å². The van der Waals surface area contributed by atoms with Gasteiger partial charge in [-0.15, -0.1) is 0 Å². The quantitative estimate of drug-likeness (QED) is 0.927. The van der Waals surface area contributed by atoms with Crippen molar-refractivity contribution in [2.75, 3.05) is 19.6 Å². The van der Waals surface area contributed by atoms with Gasteiger partial charge in [-0.25, -0.2) is 0 Å². The average molecular weight is 321 g/mol. The fourth-order valence-corrected chi connectivity index (χ4v) is 3.11. The summed E-state index contributed by atoms with van der Waals surface area (Å²) in [6.07, 6.45) is 4.16. The maximum Gasteiger partial charge on any atom is 0.255 e. The predicted molar refractivity (Wildman–Crippen MR) is 85.8 cm³/mol. The summed E-state index contributed by atoms with van der Waals surface area (Å²) in [6.45, 7) is 1.96. The van der Waals surface area contributed by atoms with Crippen molar-refractivity contribution in [1.82, 2.24) is 10.2 Å². The summed E-state index contributed by atoms with van der Waals surface area (Å²) in [5.41, 5.74) is 0.517. The Morgan fingerprint density at radius 3 is 2.73 bits per heavy atom. The van der Waals surface area contributed by atoms with E-state index in [1.54, 1.807) is 17.0 Å². The molecule has 0 spiro atoms. The van der Waals surface area contributed by atoms with Crippen molar-refractivity contribution >= 4 is 23.4 Å². The van der Waals surface area contributed by atoms with E-state index in [2.05, 4.69) is 5.32 Å². The highest BCUT2D eigenvalue weighted by Gasteiger charge is 2.30. The van der Waals surface area contributed by atoms with Crippen LogP contribution >= 0.6 is 11.6 Å². The van der Waals surface area contributed by atoms with Gasteiger partial charge in [0.25, 0.3) is 5.91 Å². The number of amides is 2.